The Kier molecular flexibility index (Phi) is 3.56. The molecule has 0 radical (unpaired) electrons. The van der Waals surface area contributed by atoms with Gasteiger partial charge in [0.25, 0.3) is 5.91 Å². The summed E-state index contributed by atoms with van der Waals surface area (Å²) in [5, 5.41) is 10.5. The predicted octanol–water partition coefficient (Wildman–Crippen LogP) is 0.253. The van der Waals surface area contributed by atoms with Gasteiger partial charge in [0.15, 0.2) is 0 Å². The highest BCUT2D eigenvalue weighted by atomic mass is 35.5. The summed E-state index contributed by atoms with van der Waals surface area (Å²) in [7, 11) is 0. The van der Waals surface area contributed by atoms with Crippen LogP contribution in [0.25, 0.3) is 0 Å². The van der Waals surface area contributed by atoms with E-state index < -0.39 is 18.4 Å². The first-order chi connectivity index (χ1) is 6.99. The lowest BCUT2D eigenvalue weighted by molar-refractivity contribution is -0.135. The largest absolute Gasteiger partial charge is 0.480 e. The van der Waals surface area contributed by atoms with Gasteiger partial charge < -0.3 is 10.4 Å². The van der Waals surface area contributed by atoms with Crippen molar-refractivity contribution in [2.75, 3.05) is 6.54 Å². The van der Waals surface area contributed by atoms with E-state index in [9.17, 15) is 9.59 Å². The summed E-state index contributed by atoms with van der Waals surface area (Å²) in [6.45, 7) is 1.20. The zero-order chi connectivity index (χ0) is 11.4. The summed E-state index contributed by atoms with van der Waals surface area (Å²) >= 11 is 5.54. The molecule has 6 nitrogen and oxygen atoms in total. The number of carbonyl (C=O) groups excluding carboxylic acids is 1. The normalized spacial score (nSPS) is 9.73. The van der Waals surface area contributed by atoms with Crippen molar-refractivity contribution in [3.8, 4) is 0 Å². The second kappa shape index (κ2) is 4.70. The van der Waals surface area contributed by atoms with Crippen molar-refractivity contribution in [3.05, 3.63) is 22.7 Å². The Balaban J connectivity index is 2.77. The third-order valence-electron chi connectivity index (χ3n) is 1.46. The van der Waals surface area contributed by atoms with Crippen molar-refractivity contribution in [1.82, 2.24) is 15.3 Å². The van der Waals surface area contributed by atoms with Crippen molar-refractivity contribution in [2.45, 2.75) is 6.92 Å². The molecule has 0 saturated heterocycles. The topological polar surface area (TPSA) is 92.2 Å². The van der Waals surface area contributed by atoms with Gasteiger partial charge in [-0.05, 0) is 24.6 Å². The molecular weight excluding hydrogens is 222 g/mol. The third-order valence-corrected chi connectivity index (χ3v) is 1.63. The van der Waals surface area contributed by atoms with Gasteiger partial charge in [0.05, 0.1) is 0 Å². The van der Waals surface area contributed by atoms with Gasteiger partial charge in [0, 0.05) is 5.69 Å². The van der Waals surface area contributed by atoms with Crippen molar-refractivity contribution < 1.29 is 14.7 Å². The van der Waals surface area contributed by atoms with Gasteiger partial charge in [-0.2, -0.15) is 0 Å². The number of hydrogen-bond donors (Lipinski definition) is 2. The second-order valence-corrected chi connectivity index (χ2v) is 3.08. The van der Waals surface area contributed by atoms with Crippen LogP contribution in [0.5, 0.6) is 0 Å². The highest BCUT2D eigenvalue weighted by Crippen LogP contribution is 2.04. The minimum Gasteiger partial charge on any atom is -0.480 e. The average molecular weight is 230 g/mol. The Morgan fingerprint density at radius 3 is 2.73 bits per heavy atom. The van der Waals surface area contributed by atoms with Crippen LogP contribution in [0.2, 0.25) is 5.28 Å². The van der Waals surface area contributed by atoms with E-state index in [1.807, 2.05) is 0 Å². The molecule has 0 bridgehead atoms. The number of amides is 1. The lowest BCUT2D eigenvalue weighted by atomic mass is 10.3. The molecular formula is C8H8ClN3O3. The molecule has 0 saturated carbocycles. The van der Waals surface area contributed by atoms with Crippen molar-refractivity contribution in [2.24, 2.45) is 0 Å². The quantitative estimate of drug-likeness (QED) is 0.725. The monoisotopic (exact) mass is 229 g/mol. The number of aromatic nitrogens is 2. The van der Waals surface area contributed by atoms with Gasteiger partial charge in [-0.25, -0.2) is 9.97 Å². The standard InChI is InChI=1S/C8H8ClN3O3/c1-4-2-5(12-8(9)11-4)7(15)10-3-6(13)14/h2H,3H2,1H3,(H,10,15)(H,13,14). The van der Waals surface area contributed by atoms with Crippen LogP contribution in [0.3, 0.4) is 0 Å². The molecule has 1 aromatic heterocycles. The average Bonchev–Trinajstić information content (AvgIpc) is 2.12. The lowest BCUT2D eigenvalue weighted by Crippen LogP contribution is -2.30. The van der Waals surface area contributed by atoms with Crippen LogP contribution >= 0.6 is 11.6 Å². The fourth-order valence-electron chi connectivity index (χ4n) is 0.895. The number of halogens is 1. The Morgan fingerprint density at radius 1 is 1.53 bits per heavy atom. The van der Waals surface area contributed by atoms with Crippen molar-refractivity contribution in [3.63, 3.8) is 0 Å². The van der Waals surface area contributed by atoms with Crippen LogP contribution in [-0.2, 0) is 4.79 Å². The van der Waals surface area contributed by atoms with E-state index in [0.717, 1.165) is 0 Å². The summed E-state index contributed by atoms with van der Waals surface area (Å²) in [6.07, 6.45) is 0. The fourth-order valence-corrected chi connectivity index (χ4v) is 1.12. The van der Waals surface area contributed by atoms with E-state index in [1.165, 1.54) is 6.07 Å². The highest BCUT2D eigenvalue weighted by molar-refractivity contribution is 6.28. The molecule has 80 valence electrons. The molecule has 1 rings (SSSR count). The van der Waals surface area contributed by atoms with E-state index in [0.29, 0.717) is 5.69 Å². The number of hydrogen-bond acceptors (Lipinski definition) is 4. The third kappa shape index (κ3) is 3.51. The van der Waals surface area contributed by atoms with Crippen LogP contribution < -0.4 is 5.32 Å². The predicted molar refractivity (Wildman–Crippen MR) is 51.7 cm³/mol. The molecule has 0 aliphatic carbocycles. The second-order valence-electron chi connectivity index (χ2n) is 2.74. The van der Waals surface area contributed by atoms with Crippen LogP contribution in [0, 0.1) is 6.92 Å². The summed E-state index contributed by atoms with van der Waals surface area (Å²) in [5.41, 5.74) is 0.587. The molecule has 0 fully saturated rings. The summed E-state index contributed by atoms with van der Waals surface area (Å²) in [6, 6.07) is 1.42. The molecule has 0 unspecified atom stereocenters. The van der Waals surface area contributed by atoms with Crippen LogP contribution in [0.1, 0.15) is 16.2 Å². The van der Waals surface area contributed by atoms with E-state index in [2.05, 4.69) is 15.3 Å². The van der Waals surface area contributed by atoms with Crippen molar-refractivity contribution in [1.29, 1.82) is 0 Å². The molecule has 0 aliphatic rings. The fraction of sp³-hybridized carbons (Fsp3) is 0.250. The van der Waals surface area contributed by atoms with E-state index in [-0.39, 0.29) is 11.0 Å². The number of rotatable bonds is 3. The minimum absolute atomic E-state index is 0.0459. The van der Waals surface area contributed by atoms with E-state index >= 15 is 0 Å². The first-order valence-corrected chi connectivity index (χ1v) is 4.38. The van der Waals surface area contributed by atoms with Crippen molar-refractivity contribution >= 4 is 23.5 Å². The zero-order valence-corrected chi connectivity index (χ0v) is 8.58. The molecule has 15 heavy (non-hydrogen) atoms. The molecule has 1 aromatic rings. The maximum absolute atomic E-state index is 11.3. The first kappa shape index (κ1) is 11.4. The molecule has 0 aromatic carbocycles. The summed E-state index contributed by atoms with van der Waals surface area (Å²) < 4.78 is 0. The summed E-state index contributed by atoms with van der Waals surface area (Å²) in [5.74, 6) is -1.72. The van der Waals surface area contributed by atoms with Gasteiger partial charge in [0.1, 0.15) is 12.2 Å². The molecule has 1 heterocycles. The molecule has 1 amide bonds. The van der Waals surface area contributed by atoms with Gasteiger partial charge in [0.2, 0.25) is 5.28 Å². The number of carbonyl (C=O) groups is 2. The highest BCUT2D eigenvalue weighted by Gasteiger charge is 2.10. The number of aliphatic carboxylic acids is 1. The Morgan fingerprint density at radius 2 is 2.20 bits per heavy atom. The Labute approximate surface area is 90.3 Å². The first-order valence-electron chi connectivity index (χ1n) is 4.00. The minimum atomic E-state index is -1.12. The Bertz CT molecular complexity index is 388. The smallest absolute Gasteiger partial charge is 0.322 e. The van der Waals surface area contributed by atoms with Crippen LogP contribution in [0.4, 0.5) is 0 Å². The van der Waals surface area contributed by atoms with Gasteiger partial charge in [-0.3, -0.25) is 9.59 Å². The number of aryl methyl sites for hydroxylation is 1. The van der Waals surface area contributed by atoms with Crippen LogP contribution in [-0.4, -0.2) is 33.5 Å². The zero-order valence-electron chi connectivity index (χ0n) is 7.82. The summed E-state index contributed by atoms with van der Waals surface area (Å²) in [4.78, 5) is 29.0. The van der Waals surface area contributed by atoms with Crippen LogP contribution in [0.15, 0.2) is 6.07 Å². The number of nitrogens with one attached hydrogen (secondary N) is 1. The van der Waals surface area contributed by atoms with Gasteiger partial charge >= 0.3 is 5.97 Å². The SMILES string of the molecule is Cc1cc(C(=O)NCC(=O)O)nc(Cl)n1. The molecule has 7 heteroatoms. The molecule has 2 N–H and O–H groups in total. The number of nitrogens with zero attached hydrogens (tertiary/aromatic N) is 2. The molecule has 0 spiro atoms. The Hall–Kier alpha value is -1.69. The maximum Gasteiger partial charge on any atom is 0.322 e. The van der Waals surface area contributed by atoms with Gasteiger partial charge in [-0.15, -0.1) is 0 Å². The lowest BCUT2D eigenvalue weighted by Gasteiger charge is -2.02. The van der Waals surface area contributed by atoms with E-state index in [1.54, 1.807) is 6.92 Å². The maximum atomic E-state index is 11.3. The van der Waals surface area contributed by atoms with Gasteiger partial charge in [-0.1, -0.05) is 0 Å². The number of carboxylic acid groups (broad SMARTS) is 1. The van der Waals surface area contributed by atoms with E-state index in [4.69, 9.17) is 16.7 Å². The molecule has 0 aliphatic heterocycles. The molecule has 0 atom stereocenters. The number of carboxylic acids is 1.